The van der Waals surface area contributed by atoms with E-state index in [9.17, 15) is 4.79 Å². The Morgan fingerprint density at radius 2 is 2.42 bits per heavy atom. The summed E-state index contributed by atoms with van der Waals surface area (Å²) in [5, 5.41) is 14.6. The summed E-state index contributed by atoms with van der Waals surface area (Å²) in [5.41, 5.74) is 0.992. The van der Waals surface area contributed by atoms with E-state index in [-0.39, 0.29) is 11.8 Å². The number of hydrogen-bond acceptors (Lipinski definition) is 4. The zero-order chi connectivity index (χ0) is 13.7. The van der Waals surface area contributed by atoms with Crippen molar-refractivity contribution in [2.45, 2.75) is 12.8 Å². The van der Waals surface area contributed by atoms with Crippen LogP contribution in [0.3, 0.4) is 0 Å². The highest BCUT2D eigenvalue weighted by molar-refractivity contribution is 7.09. The molecule has 0 spiro atoms. The fourth-order valence-electron chi connectivity index (χ4n) is 1.64. The van der Waals surface area contributed by atoms with E-state index in [0.717, 1.165) is 5.01 Å². The molecule has 1 amide bonds. The first-order chi connectivity index (χ1) is 9.20. The Labute approximate surface area is 115 Å². The molecule has 1 N–H and O–H groups in total. The SMILES string of the molecule is CC(CNC(=O)c1cccc(C#N)c1)c1nccs1. The van der Waals surface area contributed by atoms with Crippen molar-refractivity contribution in [2.24, 2.45) is 0 Å². The van der Waals surface area contributed by atoms with Crippen LogP contribution in [0.5, 0.6) is 0 Å². The lowest BCUT2D eigenvalue weighted by molar-refractivity contribution is 0.0951. The summed E-state index contributed by atoms with van der Waals surface area (Å²) >= 11 is 1.58. The largest absolute Gasteiger partial charge is 0.351 e. The lowest BCUT2D eigenvalue weighted by Crippen LogP contribution is -2.27. The molecule has 0 bridgehead atoms. The van der Waals surface area contributed by atoms with Crippen LogP contribution in [0.2, 0.25) is 0 Å². The summed E-state index contributed by atoms with van der Waals surface area (Å²) in [5.74, 6) is 0.0172. The number of hydrogen-bond donors (Lipinski definition) is 1. The van der Waals surface area contributed by atoms with Gasteiger partial charge in [0.15, 0.2) is 0 Å². The van der Waals surface area contributed by atoms with Crippen LogP contribution in [0.1, 0.15) is 33.8 Å². The molecule has 0 radical (unpaired) electrons. The molecule has 1 aromatic carbocycles. The van der Waals surface area contributed by atoms with E-state index in [1.165, 1.54) is 0 Å². The van der Waals surface area contributed by atoms with Gasteiger partial charge in [-0.2, -0.15) is 5.26 Å². The van der Waals surface area contributed by atoms with Crippen LogP contribution in [-0.4, -0.2) is 17.4 Å². The number of rotatable bonds is 4. The number of thiazole rings is 1. The Balaban J connectivity index is 1.96. The van der Waals surface area contributed by atoms with Crippen LogP contribution in [0.25, 0.3) is 0 Å². The molecule has 0 aliphatic carbocycles. The number of carbonyl (C=O) groups is 1. The fraction of sp³-hybridized carbons (Fsp3) is 0.214. The van der Waals surface area contributed by atoms with Crippen molar-refractivity contribution in [2.75, 3.05) is 6.54 Å². The van der Waals surface area contributed by atoms with E-state index < -0.39 is 0 Å². The smallest absolute Gasteiger partial charge is 0.251 e. The second-order valence-corrected chi connectivity index (χ2v) is 5.10. The maximum absolute atomic E-state index is 11.9. The summed E-state index contributed by atoms with van der Waals surface area (Å²) in [7, 11) is 0. The zero-order valence-corrected chi connectivity index (χ0v) is 11.3. The Bertz CT molecular complexity index is 601. The molecule has 0 fully saturated rings. The minimum Gasteiger partial charge on any atom is -0.351 e. The van der Waals surface area contributed by atoms with Crippen molar-refractivity contribution < 1.29 is 4.79 Å². The molecule has 2 aromatic rings. The Hall–Kier alpha value is -2.19. The van der Waals surface area contributed by atoms with Gasteiger partial charge in [0.2, 0.25) is 0 Å². The van der Waals surface area contributed by atoms with Crippen LogP contribution in [0, 0.1) is 11.3 Å². The summed E-state index contributed by atoms with van der Waals surface area (Å²) in [4.78, 5) is 16.2. The summed E-state index contributed by atoms with van der Waals surface area (Å²) < 4.78 is 0. The Morgan fingerprint density at radius 3 is 3.11 bits per heavy atom. The van der Waals surface area contributed by atoms with Crippen LogP contribution in [0.15, 0.2) is 35.8 Å². The van der Waals surface area contributed by atoms with Gasteiger partial charge in [0, 0.05) is 29.6 Å². The molecule has 1 aromatic heterocycles. The molecule has 0 aliphatic rings. The molecule has 2 rings (SSSR count). The van der Waals surface area contributed by atoms with Crippen molar-refractivity contribution in [3.63, 3.8) is 0 Å². The number of nitrogens with one attached hydrogen (secondary N) is 1. The average Bonchev–Trinajstić information content (AvgIpc) is 2.98. The third-order valence-corrected chi connectivity index (χ3v) is 3.70. The van der Waals surface area contributed by atoms with E-state index in [4.69, 9.17) is 5.26 Å². The van der Waals surface area contributed by atoms with Gasteiger partial charge >= 0.3 is 0 Å². The molecule has 19 heavy (non-hydrogen) atoms. The maximum atomic E-state index is 11.9. The van der Waals surface area contributed by atoms with Gasteiger partial charge in [0.25, 0.3) is 5.91 Å². The molecule has 1 atom stereocenters. The predicted molar refractivity (Wildman–Crippen MR) is 74.0 cm³/mol. The monoisotopic (exact) mass is 271 g/mol. The first-order valence-electron chi connectivity index (χ1n) is 5.88. The molecular formula is C14H13N3OS. The van der Waals surface area contributed by atoms with Crippen LogP contribution in [-0.2, 0) is 0 Å². The van der Waals surface area contributed by atoms with E-state index in [1.807, 2.05) is 18.4 Å². The van der Waals surface area contributed by atoms with Gasteiger partial charge in [-0.1, -0.05) is 13.0 Å². The first kappa shape index (κ1) is 13.2. The predicted octanol–water partition coefficient (Wildman–Crippen LogP) is 2.55. The number of nitrogens with zero attached hydrogens (tertiary/aromatic N) is 2. The van der Waals surface area contributed by atoms with E-state index in [0.29, 0.717) is 17.7 Å². The molecular weight excluding hydrogens is 258 g/mol. The quantitative estimate of drug-likeness (QED) is 0.929. The standard InChI is InChI=1S/C14H13N3OS/c1-10(14-16-5-6-19-14)9-17-13(18)12-4-2-3-11(7-12)8-15/h2-7,10H,9H2,1H3,(H,17,18). The maximum Gasteiger partial charge on any atom is 0.251 e. The van der Waals surface area contributed by atoms with E-state index >= 15 is 0 Å². The zero-order valence-electron chi connectivity index (χ0n) is 10.5. The molecule has 96 valence electrons. The number of carbonyl (C=O) groups excluding carboxylic acids is 1. The molecule has 0 saturated carbocycles. The lowest BCUT2D eigenvalue weighted by Gasteiger charge is -2.10. The highest BCUT2D eigenvalue weighted by Crippen LogP contribution is 2.16. The number of benzene rings is 1. The molecule has 1 unspecified atom stereocenters. The fourth-order valence-corrected chi connectivity index (χ4v) is 2.34. The molecule has 1 heterocycles. The van der Waals surface area contributed by atoms with Crippen molar-refractivity contribution >= 4 is 17.2 Å². The second-order valence-electron chi connectivity index (χ2n) is 4.17. The van der Waals surface area contributed by atoms with Gasteiger partial charge in [-0.15, -0.1) is 11.3 Å². The minimum absolute atomic E-state index is 0.166. The van der Waals surface area contributed by atoms with Crippen LogP contribution >= 0.6 is 11.3 Å². The molecule has 5 heteroatoms. The van der Waals surface area contributed by atoms with Gasteiger partial charge in [-0.05, 0) is 18.2 Å². The number of aromatic nitrogens is 1. The third kappa shape index (κ3) is 3.39. The van der Waals surface area contributed by atoms with Crippen LogP contribution < -0.4 is 5.32 Å². The topological polar surface area (TPSA) is 65.8 Å². The van der Waals surface area contributed by atoms with E-state index in [2.05, 4.69) is 10.3 Å². The van der Waals surface area contributed by atoms with Gasteiger partial charge in [-0.3, -0.25) is 4.79 Å². The van der Waals surface area contributed by atoms with Crippen molar-refractivity contribution in [1.29, 1.82) is 5.26 Å². The molecule has 0 saturated heterocycles. The number of amides is 1. The van der Waals surface area contributed by atoms with Gasteiger partial charge in [0.05, 0.1) is 16.6 Å². The van der Waals surface area contributed by atoms with Crippen LogP contribution in [0.4, 0.5) is 0 Å². The molecule has 4 nitrogen and oxygen atoms in total. The summed E-state index contributed by atoms with van der Waals surface area (Å²) in [6.45, 7) is 2.55. The average molecular weight is 271 g/mol. The number of nitriles is 1. The van der Waals surface area contributed by atoms with Gasteiger partial charge in [-0.25, -0.2) is 4.98 Å². The van der Waals surface area contributed by atoms with Gasteiger partial charge < -0.3 is 5.32 Å². The highest BCUT2D eigenvalue weighted by Gasteiger charge is 2.11. The van der Waals surface area contributed by atoms with E-state index in [1.54, 1.807) is 41.8 Å². The summed E-state index contributed by atoms with van der Waals surface area (Å²) in [6.07, 6.45) is 1.76. The lowest BCUT2D eigenvalue weighted by atomic mass is 10.1. The van der Waals surface area contributed by atoms with Crippen molar-refractivity contribution in [3.8, 4) is 6.07 Å². The summed E-state index contributed by atoms with van der Waals surface area (Å²) in [6, 6.07) is 8.69. The Morgan fingerprint density at radius 1 is 1.58 bits per heavy atom. The molecule has 0 aliphatic heterocycles. The Kier molecular flexibility index (Phi) is 4.26. The van der Waals surface area contributed by atoms with Gasteiger partial charge in [0.1, 0.15) is 0 Å². The van der Waals surface area contributed by atoms with Crippen molar-refractivity contribution in [1.82, 2.24) is 10.3 Å². The highest BCUT2D eigenvalue weighted by atomic mass is 32.1. The minimum atomic E-state index is -0.166. The normalized spacial score (nSPS) is 11.6. The first-order valence-corrected chi connectivity index (χ1v) is 6.76. The second kappa shape index (κ2) is 6.12. The van der Waals surface area contributed by atoms with Crippen molar-refractivity contribution in [3.05, 3.63) is 52.0 Å². The third-order valence-electron chi connectivity index (χ3n) is 2.70.